The number of nitrogens with zero attached hydrogens (tertiary/aromatic N) is 2. The molecule has 0 heterocycles. The van der Waals surface area contributed by atoms with Gasteiger partial charge in [-0.15, -0.1) is 0 Å². The van der Waals surface area contributed by atoms with Crippen LogP contribution in [0.25, 0.3) is 0 Å². The predicted octanol–water partition coefficient (Wildman–Crippen LogP) is 3.14. The van der Waals surface area contributed by atoms with Crippen LogP contribution in [0.15, 0.2) is 24.3 Å². The monoisotopic (exact) mass is 252 g/mol. The summed E-state index contributed by atoms with van der Waals surface area (Å²) in [7, 11) is 0. The highest BCUT2D eigenvalue weighted by molar-refractivity contribution is 5.35. The van der Waals surface area contributed by atoms with Gasteiger partial charge in [0.1, 0.15) is 0 Å². The van der Waals surface area contributed by atoms with Gasteiger partial charge in [0.25, 0.3) is 5.69 Å². The van der Waals surface area contributed by atoms with E-state index in [1.807, 2.05) is 6.92 Å². The zero-order valence-corrected chi connectivity index (χ0v) is 10.6. The molecule has 0 N–H and O–H groups in total. The van der Waals surface area contributed by atoms with Crippen LogP contribution in [0.1, 0.15) is 38.7 Å². The maximum Gasteiger partial charge on any atom is 0.269 e. The molecule has 6 nitrogen and oxygen atoms in total. The summed E-state index contributed by atoms with van der Waals surface area (Å²) in [6, 6.07) is 5.96. The minimum Gasteiger partial charge on any atom is -0.264 e. The third-order valence-corrected chi connectivity index (χ3v) is 3.24. The lowest BCUT2D eigenvalue weighted by Gasteiger charge is -2.26. The third kappa shape index (κ3) is 2.64. The number of nitro groups is 2. The van der Waals surface area contributed by atoms with E-state index in [2.05, 4.69) is 0 Å². The number of hydrogen-bond acceptors (Lipinski definition) is 4. The molecule has 0 aliphatic heterocycles. The summed E-state index contributed by atoms with van der Waals surface area (Å²) < 4.78 is 0. The first kappa shape index (κ1) is 14.1. The highest BCUT2D eigenvalue weighted by atomic mass is 16.6. The van der Waals surface area contributed by atoms with Crippen molar-refractivity contribution in [3.63, 3.8) is 0 Å². The van der Waals surface area contributed by atoms with E-state index in [0.717, 1.165) is 5.56 Å². The van der Waals surface area contributed by atoms with Crippen LogP contribution in [0.4, 0.5) is 5.69 Å². The SMILES string of the molecule is CCC(c1ccc([N+](=O)[O-])cc1)C(C)(C)[N+](=O)[O-]. The molecule has 0 aliphatic rings. The van der Waals surface area contributed by atoms with Crippen molar-refractivity contribution >= 4 is 5.69 Å². The molecule has 98 valence electrons. The maximum absolute atomic E-state index is 11.1. The molecule has 0 aromatic heterocycles. The molecule has 0 fully saturated rings. The Morgan fingerprint density at radius 1 is 1.17 bits per heavy atom. The van der Waals surface area contributed by atoms with Crippen LogP contribution < -0.4 is 0 Å². The Morgan fingerprint density at radius 3 is 2.00 bits per heavy atom. The molecule has 0 amide bonds. The van der Waals surface area contributed by atoms with Crippen molar-refractivity contribution in [1.82, 2.24) is 0 Å². The Kier molecular flexibility index (Phi) is 4.00. The normalized spacial score (nSPS) is 13.1. The first-order valence-electron chi connectivity index (χ1n) is 5.69. The fourth-order valence-electron chi connectivity index (χ4n) is 2.10. The second-order valence-corrected chi connectivity index (χ2v) is 4.72. The lowest BCUT2D eigenvalue weighted by Crippen LogP contribution is -2.37. The van der Waals surface area contributed by atoms with Gasteiger partial charge in [0.2, 0.25) is 5.54 Å². The minimum absolute atomic E-state index is 0.00693. The molecule has 0 aliphatic carbocycles. The second-order valence-electron chi connectivity index (χ2n) is 4.72. The van der Waals surface area contributed by atoms with Gasteiger partial charge >= 0.3 is 0 Å². The fourth-order valence-corrected chi connectivity index (χ4v) is 2.10. The van der Waals surface area contributed by atoms with Gasteiger partial charge in [-0.05, 0) is 12.0 Å². The summed E-state index contributed by atoms with van der Waals surface area (Å²) in [5.41, 5.74) is -0.345. The van der Waals surface area contributed by atoms with Gasteiger partial charge in [0.15, 0.2) is 0 Å². The molecule has 0 bridgehead atoms. The molecule has 0 saturated heterocycles. The van der Waals surface area contributed by atoms with Crippen LogP contribution in [-0.2, 0) is 0 Å². The van der Waals surface area contributed by atoms with Crippen molar-refractivity contribution in [2.24, 2.45) is 0 Å². The Morgan fingerprint density at radius 2 is 1.67 bits per heavy atom. The number of benzene rings is 1. The Balaban J connectivity index is 3.10. The molecule has 1 aromatic carbocycles. The van der Waals surface area contributed by atoms with Crippen LogP contribution >= 0.6 is 0 Å². The molecule has 1 atom stereocenters. The molecular weight excluding hydrogens is 236 g/mol. The molecule has 1 rings (SSSR count). The van der Waals surface area contributed by atoms with Crippen LogP contribution in [0.5, 0.6) is 0 Å². The predicted molar refractivity (Wildman–Crippen MR) is 67.2 cm³/mol. The van der Waals surface area contributed by atoms with Gasteiger partial charge in [-0.3, -0.25) is 20.2 Å². The van der Waals surface area contributed by atoms with Gasteiger partial charge < -0.3 is 0 Å². The average Bonchev–Trinajstić information content (AvgIpc) is 2.30. The lowest BCUT2D eigenvalue weighted by atomic mass is 9.80. The fraction of sp³-hybridized carbons (Fsp3) is 0.500. The molecule has 0 spiro atoms. The number of non-ortho nitro benzene ring substituents is 1. The van der Waals surface area contributed by atoms with Gasteiger partial charge in [-0.1, -0.05) is 19.1 Å². The zero-order valence-electron chi connectivity index (χ0n) is 10.6. The van der Waals surface area contributed by atoms with E-state index in [1.54, 1.807) is 26.0 Å². The standard InChI is InChI=1S/C12H16N2O4/c1-4-11(12(2,3)14(17)18)9-5-7-10(8-6-9)13(15)16/h5-8,11H,4H2,1-3H3. The van der Waals surface area contributed by atoms with Gasteiger partial charge in [-0.25, -0.2) is 0 Å². The molecular formula is C12H16N2O4. The quantitative estimate of drug-likeness (QED) is 0.595. The third-order valence-electron chi connectivity index (χ3n) is 3.24. The lowest BCUT2D eigenvalue weighted by molar-refractivity contribution is -0.565. The molecule has 6 heteroatoms. The summed E-state index contributed by atoms with van der Waals surface area (Å²) in [5, 5.41) is 21.6. The van der Waals surface area contributed by atoms with Crippen molar-refractivity contribution in [2.45, 2.75) is 38.6 Å². The van der Waals surface area contributed by atoms with Crippen LogP contribution in [0, 0.1) is 20.2 Å². The largest absolute Gasteiger partial charge is 0.269 e. The Labute approximate surface area is 105 Å². The van der Waals surface area contributed by atoms with Crippen molar-refractivity contribution in [3.05, 3.63) is 50.1 Å². The van der Waals surface area contributed by atoms with E-state index in [4.69, 9.17) is 0 Å². The first-order chi connectivity index (χ1) is 8.30. The van der Waals surface area contributed by atoms with E-state index in [1.165, 1.54) is 12.1 Å². The summed E-state index contributed by atoms with van der Waals surface area (Å²) in [5.74, 6) is -0.270. The first-order valence-corrected chi connectivity index (χ1v) is 5.69. The van der Waals surface area contributed by atoms with E-state index in [0.29, 0.717) is 6.42 Å². The number of nitro benzene ring substituents is 1. The van der Waals surface area contributed by atoms with Crippen LogP contribution in [-0.4, -0.2) is 15.4 Å². The average molecular weight is 252 g/mol. The summed E-state index contributed by atoms with van der Waals surface area (Å²) in [4.78, 5) is 20.8. The van der Waals surface area contributed by atoms with E-state index >= 15 is 0 Å². The molecule has 1 aromatic rings. The topological polar surface area (TPSA) is 86.3 Å². The number of hydrogen-bond donors (Lipinski definition) is 0. The second kappa shape index (κ2) is 5.12. The van der Waals surface area contributed by atoms with Crippen molar-refractivity contribution < 1.29 is 9.85 Å². The van der Waals surface area contributed by atoms with Crippen molar-refractivity contribution in [2.75, 3.05) is 0 Å². The maximum atomic E-state index is 11.1. The smallest absolute Gasteiger partial charge is 0.264 e. The van der Waals surface area contributed by atoms with E-state index < -0.39 is 10.5 Å². The van der Waals surface area contributed by atoms with E-state index in [-0.39, 0.29) is 16.5 Å². The molecule has 0 radical (unpaired) electrons. The van der Waals surface area contributed by atoms with Crippen LogP contribution in [0.3, 0.4) is 0 Å². The zero-order chi connectivity index (χ0) is 13.9. The molecule has 1 unspecified atom stereocenters. The highest BCUT2D eigenvalue weighted by Crippen LogP contribution is 2.34. The highest BCUT2D eigenvalue weighted by Gasteiger charge is 2.40. The molecule has 0 saturated carbocycles. The van der Waals surface area contributed by atoms with Crippen LogP contribution in [0.2, 0.25) is 0 Å². The summed E-state index contributed by atoms with van der Waals surface area (Å²) >= 11 is 0. The number of rotatable bonds is 5. The van der Waals surface area contributed by atoms with Crippen molar-refractivity contribution in [3.8, 4) is 0 Å². The van der Waals surface area contributed by atoms with Gasteiger partial charge in [-0.2, -0.15) is 0 Å². The Hall–Kier alpha value is -1.98. The van der Waals surface area contributed by atoms with E-state index in [9.17, 15) is 20.2 Å². The van der Waals surface area contributed by atoms with Gasteiger partial charge in [0, 0.05) is 30.9 Å². The Bertz CT molecular complexity index is 454. The van der Waals surface area contributed by atoms with Gasteiger partial charge in [0.05, 0.1) is 10.8 Å². The van der Waals surface area contributed by atoms with Crippen molar-refractivity contribution in [1.29, 1.82) is 0 Å². The minimum atomic E-state index is -1.09. The summed E-state index contributed by atoms with van der Waals surface area (Å²) in [6.45, 7) is 5.02. The molecule has 18 heavy (non-hydrogen) atoms. The summed E-state index contributed by atoms with van der Waals surface area (Å²) in [6.07, 6.45) is 0.603.